The van der Waals surface area contributed by atoms with E-state index >= 15 is 0 Å². The topological polar surface area (TPSA) is 36.7 Å². The first-order valence-corrected chi connectivity index (χ1v) is 3.28. The third-order valence-electron chi connectivity index (χ3n) is 1.34. The molecule has 0 aromatic carbocycles. The summed E-state index contributed by atoms with van der Waals surface area (Å²) in [6.45, 7) is 0.765. The third-order valence-corrected chi connectivity index (χ3v) is 1.34. The molecular weight excluding hydrogens is 162 g/mol. The van der Waals surface area contributed by atoms with Gasteiger partial charge in [-0.05, 0) is 12.1 Å². The Bertz CT molecular complexity index is 305. The molecule has 0 aliphatic heterocycles. The van der Waals surface area contributed by atoms with Gasteiger partial charge in [-0.3, -0.25) is 4.98 Å². The summed E-state index contributed by atoms with van der Waals surface area (Å²) in [6.07, 6.45) is 1.13. The van der Waals surface area contributed by atoms with E-state index in [0.717, 1.165) is 19.2 Å². The van der Waals surface area contributed by atoms with E-state index in [-0.39, 0.29) is 11.3 Å². The summed E-state index contributed by atoms with van der Waals surface area (Å²) in [5.41, 5.74) is -0.0375. The van der Waals surface area contributed by atoms with Gasteiger partial charge in [0.05, 0.1) is 5.56 Å². The third kappa shape index (κ3) is 1.76. The predicted molar refractivity (Wildman–Crippen MR) is 38.5 cm³/mol. The Morgan fingerprint density at radius 2 is 2.17 bits per heavy atom. The van der Waals surface area contributed by atoms with Crippen molar-refractivity contribution < 1.29 is 8.78 Å². The van der Waals surface area contributed by atoms with Crippen LogP contribution in [-0.4, -0.2) is 4.98 Å². The molecule has 0 aliphatic carbocycles. The Morgan fingerprint density at radius 1 is 1.50 bits per heavy atom. The molecule has 0 amide bonds. The number of pyridine rings is 1. The largest absolute Gasteiger partial charge is 0.286 e. The van der Waals surface area contributed by atoms with Crippen LogP contribution >= 0.6 is 0 Å². The fourth-order valence-corrected chi connectivity index (χ4v) is 0.720. The van der Waals surface area contributed by atoms with Crippen molar-refractivity contribution in [1.29, 1.82) is 5.26 Å². The lowest BCUT2D eigenvalue weighted by molar-refractivity contribution is 0.0127. The zero-order valence-corrected chi connectivity index (χ0v) is 6.38. The van der Waals surface area contributed by atoms with Crippen molar-refractivity contribution in [3.05, 3.63) is 29.6 Å². The SMILES string of the molecule is CC(F)(F)c1ccc(C#N)cn1. The molecule has 0 bridgehead atoms. The van der Waals surface area contributed by atoms with Crippen LogP contribution in [0.2, 0.25) is 0 Å². The Hall–Kier alpha value is -1.50. The van der Waals surface area contributed by atoms with Crippen molar-refractivity contribution >= 4 is 0 Å². The van der Waals surface area contributed by atoms with E-state index in [0.29, 0.717) is 0 Å². The Labute approximate surface area is 68.5 Å². The van der Waals surface area contributed by atoms with Gasteiger partial charge < -0.3 is 0 Å². The quantitative estimate of drug-likeness (QED) is 0.643. The average Bonchev–Trinajstić information content (AvgIpc) is 2.03. The predicted octanol–water partition coefficient (Wildman–Crippen LogP) is 2.06. The molecule has 0 spiro atoms. The van der Waals surface area contributed by atoms with E-state index in [1.807, 2.05) is 0 Å². The molecule has 0 unspecified atom stereocenters. The summed E-state index contributed by atoms with van der Waals surface area (Å²) in [6, 6.07) is 4.27. The molecule has 1 heterocycles. The Kier molecular flexibility index (Phi) is 2.05. The second-order valence-corrected chi connectivity index (χ2v) is 2.43. The molecule has 62 valence electrons. The summed E-state index contributed by atoms with van der Waals surface area (Å²) < 4.78 is 25.1. The highest BCUT2D eigenvalue weighted by molar-refractivity contribution is 5.27. The zero-order chi connectivity index (χ0) is 9.19. The number of hydrogen-bond donors (Lipinski definition) is 0. The van der Waals surface area contributed by atoms with E-state index in [2.05, 4.69) is 4.98 Å². The molecule has 12 heavy (non-hydrogen) atoms. The van der Waals surface area contributed by atoms with Crippen LogP contribution < -0.4 is 0 Å². The second kappa shape index (κ2) is 2.86. The minimum absolute atomic E-state index is 0.281. The maximum atomic E-state index is 12.5. The number of hydrogen-bond acceptors (Lipinski definition) is 2. The normalized spacial score (nSPS) is 10.8. The van der Waals surface area contributed by atoms with Crippen LogP contribution in [0.3, 0.4) is 0 Å². The molecule has 0 atom stereocenters. The smallest absolute Gasteiger partial charge is 0.254 e. The van der Waals surface area contributed by atoms with Gasteiger partial charge in [0.25, 0.3) is 5.92 Å². The van der Waals surface area contributed by atoms with E-state index in [9.17, 15) is 8.78 Å². The van der Waals surface area contributed by atoms with Gasteiger partial charge >= 0.3 is 0 Å². The van der Waals surface area contributed by atoms with Crippen molar-refractivity contribution in [3.8, 4) is 6.07 Å². The number of alkyl halides is 2. The summed E-state index contributed by atoms with van der Waals surface area (Å²) in [5, 5.41) is 8.35. The number of nitrogens with zero attached hydrogens (tertiary/aromatic N) is 2. The van der Waals surface area contributed by atoms with Crippen LogP contribution in [0.15, 0.2) is 18.3 Å². The van der Waals surface area contributed by atoms with Gasteiger partial charge in [0, 0.05) is 13.1 Å². The van der Waals surface area contributed by atoms with E-state index in [1.165, 1.54) is 6.07 Å². The highest BCUT2D eigenvalue weighted by atomic mass is 19.3. The minimum atomic E-state index is -2.94. The molecule has 1 aromatic heterocycles. The van der Waals surface area contributed by atoms with Crippen molar-refractivity contribution in [3.63, 3.8) is 0 Å². The number of nitriles is 1. The van der Waals surface area contributed by atoms with Gasteiger partial charge in [-0.2, -0.15) is 14.0 Å². The van der Waals surface area contributed by atoms with Crippen LogP contribution in [0.25, 0.3) is 0 Å². The summed E-state index contributed by atoms with van der Waals surface area (Å²) in [5.74, 6) is -2.94. The monoisotopic (exact) mass is 168 g/mol. The van der Waals surface area contributed by atoms with Gasteiger partial charge in [0.1, 0.15) is 11.8 Å². The number of rotatable bonds is 1. The molecule has 0 fully saturated rings. The van der Waals surface area contributed by atoms with Gasteiger partial charge in [0.15, 0.2) is 0 Å². The molecule has 0 saturated carbocycles. The van der Waals surface area contributed by atoms with Gasteiger partial charge in [-0.25, -0.2) is 0 Å². The highest BCUT2D eigenvalue weighted by Crippen LogP contribution is 2.24. The molecule has 1 aromatic rings. The van der Waals surface area contributed by atoms with Crippen molar-refractivity contribution in [2.24, 2.45) is 0 Å². The van der Waals surface area contributed by atoms with Crippen molar-refractivity contribution in [1.82, 2.24) is 4.98 Å². The zero-order valence-electron chi connectivity index (χ0n) is 6.38. The van der Waals surface area contributed by atoms with E-state index in [1.54, 1.807) is 6.07 Å². The van der Waals surface area contributed by atoms with Gasteiger partial charge in [-0.1, -0.05) is 0 Å². The standard InChI is InChI=1S/C8H6F2N2/c1-8(9,10)7-3-2-6(4-11)5-12-7/h2-3,5H,1H3. The molecule has 4 heteroatoms. The van der Waals surface area contributed by atoms with E-state index < -0.39 is 5.92 Å². The molecule has 0 radical (unpaired) electrons. The average molecular weight is 168 g/mol. The van der Waals surface area contributed by atoms with Gasteiger partial charge in [-0.15, -0.1) is 0 Å². The second-order valence-electron chi connectivity index (χ2n) is 2.43. The Balaban J connectivity index is 3.02. The molecule has 1 rings (SSSR count). The number of aromatic nitrogens is 1. The van der Waals surface area contributed by atoms with Crippen LogP contribution in [0.1, 0.15) is 18.2 Å². The van der Waals surface area contributed by atoms with Crippen LogP contribution in [0.5, 0.6) is 0 Å². The summed E-state index contributed by atoms with van der Waals surface area (Å²) in [7, 11) is 0. The van der Waals surface area contributed by atoms with Gasteiger partial charge in [0.2, 0.25) is 0 Å². The van der Waals surface area contributed by atoms with Crippen LogP contribution in [0, 0.1) is 11.3 Å². The lowest BCUT2D eigenvalue weighted by Gasteiger charge is -2.07. The fourth-order valence-electron chi connectivity index (χ4n) is 0.720. The molecule has 0 saturated heterocycles. The van der Waals surface area contributed by atoms with E-state index in [4.69, 9.17) is 5.26 Å². The lowest BCUT2D eigenvalue weighted by atomic mass is 10.2. The molecule has 2 nitrogen and oxygen atoms in total. The fraction of sp³-hybridized carbons (Fsp3) is 0.250. The number of halogens is 2. The van der Waals surface area contributed by atoms with Crippen molar-refractivity contribution in [2.45, 2.75) is 12.8 Å². The summed E-state index contributed by atoms with van der Waals surface area (Å²) in [4.78, 5) is 3.45. The Morgan fingerprint density at radius 3 is 2.50 bits per heavy atom. The van der Waals surface area contributed by atoms with Crippen molar-refractivity contribution in [2.75, 3.05) is 0 Å². The molecule has 0 N–H and O–H groups in total. The molecular formula is C8H6F2N2. The maximum Gasteiger partial charge on any atom is 0.286 e. The van der Waals surface area contributed by atoms with Crippen LogP contribution in [-0.2, 0) is 5.92 Å². The first kappa shape index (κ1) is 8.60. The molecule has 0 aliphatic rings. The van der Waals surface area contributed by atoms with Crippen LogP contribution in [0.4, 0.5) is 8.78 Å². The summed E-state index contributed by atoms with van der Waals surface area (Å²) >= 11 is 0. The minimum Gasteiger partial charge on any atom is -0.254 e. The first-order chi connectivity index (χ1) is 5.54. The highest BCUT2D eigenvalue weighted by Gasteiger charge is 2.25. The lowest BCUT2D eigenvalue weighted by Crippen LogP contribution is -2.09. The maximum absolute atomic E-state index is 12.5. The first-order valence-electron chi connectivity index (χ1n) is 3.28.